The summed E-state index contributed by atoms with van der Waals surface area (Å²) < 4.78 is 0. The molecule has 20 heavy (non-hydrogen) atoms. The van der Waals surface area contributed by atoms with Gasteiger partial charge in [-0.3, -0.25) is 4.79 Å². The molecule has 0 saturated carbocycles. The maximum absolute atomic E-state index is 11.9. The molecular formula is C15H17N3OS. The molecule has 3 rings (SSSR count). The van der Waals surface area contributed by atoms with E-state index in [0.717, 1.165) is 35.7 Å². The lowest BCUT2D eigenvalue weighted by Gasteiger charge is -2.09. The van der Waals surface area contributed by atoms with Crippen LogP contribution in [-0.2, 0) is 11.3 Å². The van der Waals surface area contributed by atoms with Gasteiger partial charge in [-0.2, -0.15) is 0 Å². The molecule has 1 aromatic carbocycles. The summed E-state index contributed by atoms with van der Waals surface area (Å²) in [7, 11) is 0. The summed E-state index contributed by atoms with van der Waals surface area (Å²) in [6.45, 7) is 1.44. The van der Waals surface area contributed by atoms with Gasteiger partial charge in [-0.05, 0) is 19.4 Å². The van der Waals surface area contributed by atoms with Crippen molar-refractivity contribution >= 4 is 17.2 Å². The highest BCUT2D eigenvalue weighted by molar-refractivity contribution is 7.13. The summed E-state index contributed by atoms with van der Waals surface area (Å²) in [6.07, 6.45) is 2.01. The van der Waals surface area contributed by atoms with Crippen LogP contribution in [0.4, 0.5) is 0 Å². The number of nitrogens with zero attached hydrogens (tertiary/aromatic N) is 1. The fourth-order valence-electron chi connectivity index (χ4n) is 2.31. The van der Waals surface area contributed by atoms with Crippen LogP contribution in [0.25, 0.3) is 10.6 Å². The van der Waals surface area contributed by atoms with E-state index in [0.29, 0.717) is 6.54 Å². The molecule has 1 saturated heterocycles. The highest BCUT2D eigenvalue weighted by Gasteiger charge is 2.21. The van der Waals surface area contributed by atoms with Crippen molar-refractivity contribution in [3.05, 3.63) is 41.4 Å². The van der Waals surface area contributed by atoms with Gasteiger partial charge < -0.3 is 10.6 Å². The first-order valence-corrected chi connectivity index (χ1v) is 7.72. The molecule has 104 valence electrons. The molecule has 4 nitrogen and oxygen atoms in total. The number of amides is 1. The largest absolute Gasteiger partial charge is 0.349 e. The normalized spacial score (nSPS) is 18.1. The zero-order valence-corrected chi connectivity index (χ0v) is 12.0. The molecule has 5 heteroatoms. The number of carbonyl (C=O) groups is 1. The van der Waals surface area contributed by atoms with Crippen LogP contribution in [0.15, 0.2) is 35.7 Å². The second kappa shape index (κ2) is 6.15. The SMILES string of the molecule is O=C(NCc1csc(-c2ccccc2)n1)C1CCCN1. The average molecular weight is 287 g/mol. The molecule has 1 aromatic heterocycles. The molecule has 0 bridgehead atoms. The molecular weight excluding hydrogens is 270 g/mol. The van der Waals surface area contributed by atoms with Gasteiger partial charge in [0.05, 0.1) is 18.3 Å². The van der Waals surface area contributed by atoms with Gasteiger partial charge >= 0.3 is 0 Å². The van der Waals surface area contributed by atoms with Gasteiger partial charge in [0.1, 0.15) is 5.01 Å². The number of thiazole rings is 1. The molecule has 1 aliphatic heterocycles. The summed E-state index contributed by atoms with van der Waals surface area (Å²) in [5.41, 5.74) is 2.03. The predicted octanol–water partition coefficient (Wildman–Crippen LogP) is 2.18. The predicted molar refractivity (Wildman–Crippen MR) is 80.4 cm³/mol. The molecule has 1 unspecified atom stereocenters. The van der Waals surface area contributed by atoms with Crippen molar-refractivity contribution in [3.8, 4) is 10.6 Å². The highest BCUT2D eigenvalue weighted by Crippen LogP contribution is 2.23. The van der Waals surface area contributed by atoms with Crippen molar-refractivity contribution in [2.24, 2.45) is 0 Å². The number of nitrogens with one attached hydrogen (secondary N) is 2. The first-order valence-electron chi connectivity index (χ1n) is 6.84. The van der Waals surface area contributed by atoms with E-state index in [2.05, 4.69) is 15.6 Å². The summed E-state index contributed by atoms with van der Waals surface area (Å²) in [4.78, 5) is 16.5. The monoisotopic (exact) mass is 287 g/mol. The standard InChI is InChI=1S/C15H17N3OS/c19-14(13-7-4-8-16-13)17-9-12-10-20-15(18-12)11-5-2-1-3-6-11/h1-3,5-6,10,13,16H,4,7-9H2,(H,17,19). The van der Waals surface area contributed by atoms with E-state index in [4.69, 9.17) is 0 Å². The van der Waals surface area contributed by atoms with Gasteiger partial charge in [-0.1, -0.05) is 30.3 Å². The van der Waals surface area contributed by atoms with Crippen LogP contribution >= 0.6 is 11.3 Å². The van der Waals surface area contributed by atoms with Gasteiger partial charge in [-0.25, -0.2) is 4.98 Å². The second-order valence-electron chi connectivity index (χ2n) is 4.88. The molecule has 1 atom stereocenters. The van der Waals surface area contributed by atoms with Crippen molar-refractivity contribution in [1.82, 2.24) is 15.6 Å². The Hall–Kier alpha value is -1.72. The minimum absolute atomic E-state index is 0.0257. The Morgan fingerprint density at radius 2 is 2.25 bits per heavy atom. The number of hydrogen-bond donors (Lipinski definition) is 2. The van der Waals surface area contributed by atoms with Gasteiger partial charge in [0.2, 0.25) is 5.91 Å². The Balaban J connectivity index is 1.59. The van der Waals surface area contributed by atoms with E-state index in [1.54, 1.807) is 11.3 Å². The van der Waals surface area contributed by atoms with Crippen LogP contribution in [0.5, 0.6) is 0 Å². The van der Waals surface area contributed by atoms with Gasteiger partial charge in [0, 0.05) is 10.9 Å². The molecule has 2 heterocycles. The molecule has 1 amide bonds. The van der Waals surface area contributed by atoms with Crippen molar-refractivity contribution in [1.29, 1.82) is 0 Å². The number of aromatic nitrogens is 1. The molecule has 1 aliphatic rings. The first kappa shape index (κ1) is 13.3. The van der Waals surface area contributed by atoms with E-state index < -0.39 is 0 Å². The summed E-state index contributed by atoms with van der Waals surface area (Å²) >= 11 is 1.61. The number of benzene rings is 1. The second-order valence-corrected chi connectivity index (χ2v) is 5.73. The average Bonchev–Trinajstić information content (AvgIpc) is 3.17. The lowest BCUT2D eigenvalue weighted by molar-refractivity contribution is -0.122. The smallest absolute Gasteiger partial charge is 0.237 e. The van der Waals surface area contributed by atoms with Crippen LogP contribution in [0.1, 0.15) is 18.5 Å². The number of carbonyl (C=O) groups excluding carboxylic acids is 1. The zero-order chi connectivity index (χ0) is 13.8. The Bertz CT molecular complexity index is 576. The van der Waals surface area contributed by atoms with Crippen molar-refractivity contribution in [3.63, 3.8) is 0 Å². The topological polar surface area (TPSA) is 54.0 Å². The lowest BCUT2D eigenvalue weighted by Crippen LogP contribution is -2.40. The van der Waals surface area contributed by atoms with E-state index in [1.807, 2.05) is 35.7 Å². The Labute approximate surface area is 122 Å². The molecule has 2 aromatic rings. The van der Waals surface area contributed by atoms with Crippen LogP contribution in [0.3, 0.4) is 0 Å². The zero-order valence-electron chi connectivity index (χ0n) is 11.1. The van der Waals surface area contributed by atoms with Crippen LogP contribution < -0.4 is 10.6 Å². The quantitative estimate of drug-likeness (QED) is 0.906. The van der Waals surface area contributed by atoms with E-state index >= 15 is 0 Å². The van der Waals surface area contributed by atoms with Gasteiger partial charge in [-0.15, -0.1) is 11.3 Å². The third-order valence-electron chi connectivity index (χ3n) is 3.39. The van der Waals surface area contributed by atoms with Crippen molar-refractivity contribution in [2.75, 3.05) is 6.54 Å². The first-order chi connectivity index (χ1) is 9.83. The van der Waals surface area contributed by atoms with Crippen molar-refractivity contribution < 1.29 is 4.79 Å². The summed E-state index contributed by atoms with van der Waals surface area (Å²) in [5.74, 6) is 0.0803. The van der Waals surface area contributed by atoms with Crippen LogP contribution in [0.2, 0.25) is 0 Å². The third-order valence-corrected chi connectivity index (χ3v) is 4.33. The lowest BCUT2D eigenvalue weighted by atomic mass is 10.2. The molecule has 0 radical (unpaired) electrons. The fourth-order valence-corrected chi connectivity index (χ4v) is 3.14. The van der Waals surface area contributed by atoms with Gasteiger partial charge in [0.25, 0.3) is 0 Å². The maximum atomic E-state index is 11.9. The Morgan fingerprint density at radius 3 is 3.00 bits per heavy atom. The summed E-state index contributed by atoms with van der Waals surface area (Å²) in [5, 5.41) is 9.14. The van der Waals surface area contributed by atoms with E-state index in [-0.39, 0.29) is 11.9 Å². The number of hydrogen-bond acceptors (Lipinski definition) is 4. The Kier molecular flexibility index (Phi) is 4.08. The van der Waals surface area contributed by atoms with E-state index in [9.17, 15) is 4.79 Å². The van der Waals surface area contributed by atoms with Crippen LogP contribution in [0, 0.1) is 0 Å². The Morgan fingerprint density at radius 1 is 1.40 bits per heavy atom. The third kappa shape index (κ3) is 3.05. The van der Waals surface area contributed by atoms with Crippen molar-refractivity contribution in [2.45, 2.75) is 25.4 Å². The van der Waals surface area contributed by atoms with Crippen LogP contribution in [-0.4, -0.2) is 23.5 Å². The molecule has 0 spiro atoms. The summed E-state index contributed by atoms with van der Waals surface area (Å²) in [6, 6.07) is 10.1. The number of rotatable bonds is 4. The van der Waals surface area contributed by atoms with Gasteiger partial charge in [0.15, 0.2) is 0 Å². The maximum Gasteiger partial charge on any atom is 0.237 e. The highest BCUT2D eigenvalue weighted by atomic mass is 32.1. The molecule has 2 N–H and O–H groups in total. The molecule has 0 aliphatic carbocycles. The molecule has 1 fully saturated rings. The van der Waals surface area contributed by atoms with E-state index in [1.165, 1.54) is 0 Å². The fraction of sp³-hybridized carbons (Fsp3) is 0.333. The minimum atomic E-state index is -0.0257. The minimum Gasteiger partial charge on any atom is -0.349 e.